The highest BCUT2D eigenvalue weighted by atomic mass is 35.5. The normalized spacial score (nSPS) is 16.0. The van der Waals surface area contributed by atoms with E-state index in [1.807, 2.05) is 36.4 Å². The molecule has 0 aliphatic carbocycles. The summed E-state index contributed by atoms with van der Waals surface area (Å²) in [5.74, 6) is 0.649. The maximum Gasteiger partial charge on any atom is 0.242 e. The third-order valence-corrected chi connectivity index (χ3v) is 5.40. The molecule has 144 valence electrons. The molecule has 1 fully saturated rings. The quantitative estimate of drug-likeness (QED) is 0.652. The van der Waals surface area contributed by atoms with Crippen LogP contribution in [0, 0.1) is 5.92 Å². The monoisotopic (exact) mass is 386 g/mol. The molecule has 1 atom stereocenters. The lowest BCUT2D eigenvalue weighted by Gasteiger charge is -2.24. The Balaban J connectivity index is 1.61. The first kappa shape index (κ1) is 19.8. The van der Waals surface area contributed by atoms with Gasteiger partial charge in [-0.15, -0.1) is 0 Å². The average Bonchev–Trinajstić information content (AvgIpc) is 2.72. The number of halogens is 1. The summed E-state index contributed by atoms with van der Waals surface area (Å²) in [6.45, 7) is 3.44. The summed E-state index contributed by atoms with van der Waals surface area (Å²) in [7, 11) is 0. The number of benzene rings is 1. The van der Waals surface area contributed by atoms with E-state index < -0.39 is 6.04 Å². The van der Waals surface area contributed by atoms with Crippen LogP contribution in [0.3, 0.4) is 0 Å². The van der Waals surface area contributed by atoms with Gasteiger partial charge < -0.3 is 16.0 Å². The number of hydrogen-bond donors (Lipinski definition) is 3. The molecular formula is C21H27ClN4O. The second-order valence-electron chi connectivity index (χ2n) is 6.96. The van der Waals surface area contributed by atoms with E-state index in [9.17, 15) is 4.79 Å². The topological polar surface area (TPSA) is 66.0 Å². The van der Waals surface area contributed by atoms with Crippen LogP contribution in [0.4, 0.5) is 0 Å². The SMILES string of the molecule is O=C(NCc1ccncc1)C(NCCC1CCNCC1)c1ccccc1Cl. The van der Waals surface area contributed by atoms with Crippen LogP contribution in [0.25, 0.3) is 0 Å². The third kappa shape index (κ3) is 6.03. The first-order valence-electron chi connectivity index (χ1n) is 9.59. The Labute approximate surface area is 165 Å². The number of pyridine rings is 1. The molecule has 3 N–H and O–H groups in total. The van der Waals surface area contributed by atoms with E-state index in [4.69, 9.17) is 11.6 Å². The van der Waals surface area contributed by atoms with Gasteiger partial charge in [0.25, 0.3) is 0 Å². The van der Waals surface area contributed by atoms with Crippen molar-refractivity contribution in [1.29, 1.82) is 0 Å². The molecule has 0 radical (unpaired) electrons. The van der Waals surface area contributed by atoms with Crippen molar-refractivity contribution in [2.45, 2.75) is 31.8 Å². The first-order chi connectivity index (χ1) is 13.2. The summed E-state index contributed by atoms with van der Waals surface area (Å²) < 4.78 is 0. The Morgan fingerprint density at radius 2 is 1.93 bits per heavy atom. The average molecular weight is 387 g/mol. The molecule has 27 heavy (non-hydrogen) atoms. The second kappa shape index (κ2) is 10.4. The number of amides is 1. The number of aromatic nitrogens is 1. The van der Waals surface area contributed by atoms with Crippen LogP contribution in [0.1, 0.15) is 36.4 Å². The van der Waals surface area contributed by atoms with E-state index >= 15 is 0 Å². The van der Waals surface area contributed by atoms with Crippen molar-refractivity contribution in [2.75, 3.05) is 19.6 Å². The van der Waals surface area contributed by atoms with Gasteiger partial charge in [0.2, 0.25) is 5.91 Å². The van der Waals surface area contributed by atoms with Gasteiger partial charge in [-0.2, -0.15) is 0 Å². The fourth-order valence-corrected chi connectivity index (χ4v) is 3.69. The first-order valence-corrected chi connectivity index (χ1v) is 9.97. The van der Waals surface area contributed by atoms with E-state index in [2.05, 4.69) is 20.9 Å². The van der Waals surface area contributed by atoms with Crippen LogP contribution < -0.4 is 16.0 Å². The molecule has 2 heterocycles. The number of piperidine rings is 1. The van der Waals surface area contributed by atoms with Gasteiger partial charge >= 0.3 is 0 Å². The zero-order valence-corrected chi connectivity index (χ0v) is 16.2. The summed E-state index contributed by atoms with van der Waals surface area (Å²) in [5.41, 5.74) is 1.84. The standard InChI is InChI=1S/C21H27ClN4O/c22-19-4-2-1-3-18(19)20(25-14-9-16-5-10-23-11-6-16)21(27)26-15-17-7-12-24-13-8-17/h1-4,7-8,12-13,16,20,23,25H,5-6,9-11,14-15H2,(H,26,27). The Morgan fingerprint density at radius 3 is 2.67 bits per heavy atom. The van der Waals surface area contributed by atoms with Crippen molar-refractivity contribution in [1.82, 2.24) is 20.9 Å². The molecule has 1 aromatic heterocycles. The maximum absolute atomic E-state index is 12.9. The fraction of sp³-hybridized carbons (Fsp3) is 0.429. The maximum atomic E-state index is 12.9. The van der Waals surface area contributed by atoms with Crippen LogP contribution in [0.5, 0.6) is 0 Å². The van der Waals surface area contributed by atoms with Crippen molar-refractivity contribution in [3.8, 4) is 0 Å². The van der Waals surface area contributed by atoms with Crippen molar-refractivity contribution >= 4 is 17.5 Å². The number of rotatable bonds is 8. The highest BCUT2D eigenvalue weighted by Gasteiger charge is 2.23. The van der Waals surface area contributed by atoms with Crippen LogP contribution in [0.2, 0.25) is 5.02 Å². The van der Waals surface area contributed by atoms with E-state index in [0.29, 0.717) is 17.5 Å². The summed E-state index contributed by atoms with van der Waals surface area (Å²) in [6.07, 6.45) is 6.92. The number of carbonyl (C=O) groups excluding carboxylic acids is 1. The van der Waals surface area contributed by atoms with Crippen LogP contribution in [0.15, 0.2) is 48.8 Å². The molecule has 1 aliphatic rings. The minimum Gasteiger partial charge on any atom is -0.350 e. The van der Waals surface area contributed by atoms with Crippen LogP contribution in [-0.2, 0) is 11.3 Å². The van der Waals surface area contributed by atoms with Gasteiger partial charge in [0.15, 0.2) is 0 Å². The van der Waals surface area contributed by atoms with E-state index in [1.54, 1.807) is 12.4 Å². The predicted molar refractivity (Wildman–Crippen MR) is 108 cm³/mol. The van der Waals surface area contributed by atoms with Crippen molar-refractivity contribution < 1.29 is 4.79 Å². The Morgan fingerprint density at radius 1 is 1.19 bits per heavy atom. The van der Waals surface area contributed by atoms with E-state index in [0.717, 1.165) is 37.2 Å². The summed E-state index contributed by atoms with van der Waals surface area (Å²) in [4.78, 5) is 16.9. The Kier molecular flexibility index (Phi) is 7.63. The van der Waals surface area contributed by atoms with Gasteiger partial charge in [-0.3, -0.25) is 9.78 Å². The molecule has 3 rings (SSSR count). The minimum atomic E-state index is -0.456. The molecular weight excluding hydrogens is 360 g/mol. The summed E-state index contributed by atoms with van der Waals surface area (Å²) in [6, 6.07) is 10.9. The molecule has 1 saturated heterocycles. The second-order valence-corrected chi connectivity index (χ2v) is 7.37. The van der Waals surface area contributed by atoms with Crippen molar-refractivity contribution in [2.24, 2.45) is 5.92 Å². The van der Waals surface area contributed by atoms with Gasteiger partial charge in [-0.1, -0.05) is 29.8 Å². The van der Waals surface area contributed by atoms with Gasteiger partial charge in [0.1, 0.15) is 6.04 Å². The smallest absolute Gasteiger partial charge is 0.242 e. The lowest BCUT2D eigenvalue weighted by Crippen LogP contribution is -2.38. The number of hydrogen-bond acceptors (Lipinski definition) is 4. The lowest BCUT2D eigenvalue weighted by molar-refractivity contribution is -0.123. The largest absolute Gasteiger partial charge is 0.350 e. The molecule has 6 heteroatoms. The summed E-state index contributed by atoms with van der Waals surface area (Å²) >= 11 is 6.37. The van der Waals surface area contributed by atoms with Gasteiger partial charge in [0.05, 0.1) is 0 Å². The molecule has 0 bridgehead atoms. The third-order valence-electron chi connectivity index (χ3n) is 5.05. The van der Waals surface area contributed by atoms with Crippen LogP contribution in [-0.4, -0.2) is 30.5 Å². The molecule has 0 spiro atoms. The van der Waals surface area contributed by atoms with Gasteiger partial charge in [0, 0.05) is 24.0 Å². The number of nitrogens with zero attached hydrogens (tertiary/aromatic N) is 1. The molecule has 2 aromatic rings. The lowest BCUT2D eigenvalue weighted by atomic mass is 9.94. The predicted octanol–water partition coefficient (Wildman–Crippen LogP) is 3.07. The number of carbonyl (C=O) groups is 1. The molecule has 1 aliphatic heterocycles. The Hall–Kier alpha value is -1.95. The van der Waals surface area contributed by atoms with Crippen molar-refractivity contribution in [3.63, 3.8) is 0 Å². The van der Waals surface area contributed by atoms with E-state index in [1.165, 1.54) is 12.8 Å². The number of nitrogens with one attached hydrogen (secondary N) is 3. The molecule has 5 nitrogen and oxygen atoms in total. The molecule has 1 unspecified atom stereocenters. The van der Waals surface area contributed by atoms with Crippen molar-refractivity contribution in [3.05, 3.63) is 64.9 Å². The summed E-state index contributed by atoms with van der Waals surface area (Å²) in [5, 5.41) is 10.4. The van der Waals surface area contributed by atoms with E-state index in [-0.39, 0.29) is 5.91 Å². The van der Waals surface area contributed by atoms with Crippen LogP contribution >= 0.6 is 11.6 Å². The minimum absolute atomic E-state index is 0.0646. The fourth-order valence-electron chi connectivity index (χ4n) is 3.45. The molecule has 0 saturated carbocycles. The Bertz CT molecular complexity index is 719. The highest BCUT2D eigenvalue weighted by Crippen LogP contribution is 2.24. The molecule has 1 amide bonds. The van der Waals surface area contributed by atoms with Gasteiger partial charge in [-0.05, 0) is 74.1 Å². The molecule has 1 aromatic carbocycles. The van der Waals surface area contributed by atoms with Gasteiger partial charge in [-0.25, -0.2) is 0 Å². The highest BCUT2D eigenvalue weighted by molar-refractivity contribution is 6.31. The zero-order valence-electron chi connectivity index (χ0n) is 15.5. The zero-order chi connectivity index (χ0) is 18.9.